The third-order valence-electron chi connectivity index (χ3n) is 1.22. The molecule has 0 heterocycles. The molecular weight excluding hydrogens is 347 g/mol. The Labute approximate surface area is 89.3 Å². The van der Waals surface area contributed by atoms with Gasteiger partial charge in [0.15, 0.2) is 0 Å². The first kappa shape index (κ1) is 11.8. The molecule has 10 heavy (non-hydrogen) atoms. The van der Waals surface area contributed by atoms with Crippen molar-refractivity contribution in [3.63, 3.8) is 0 Å². The highest BCUT2D eigenvalue weighted by atomic mass is 79.9. The van der Waals surface area contributed by atoms with Crippen LogP contribution in [0.4, 0.5) is 0 Å². The molecule has 2 radical (unpaired) electrons. The summed E-state index contributed by atoms with van der Waals surface area (Å²) in [6.07, 6.45) is 0. The van der Waals surface area contributed by atoms with E-state index in [-0.39, 0.29) is 5.41 Å². The molecule has 1 nitrogen and oxygen atoms in total. The first-order chi connectivity index (χ1) is 4.74. The SMILES string of the molecule is [P]OCC(CBr)(CBr)CBr. The van der Waals surface area contributed by atoms with Crippen molar-refractivity contribution in [3.8, 4) is 0 Å². The minimum atomic E-state index is 0.127. The molecule has 60 valence electrons. The van der Waals surface area contributed by atoms with Crippen LogP contribution in [0.1, 0.15) is 0 Å². The van der Waals surface area contributed by atoms with E-state index in [0.29, 0.717) is 6.61 Å². The number of alkyl halides is 3. The van der Waals surface area contributed by atoms with Crippen molar-refractivity contribution in [2.24, 2.45) is 5.41 Å². The van der Waals surface area contributed by atoms with Gasteiger partial charge in [0.1, 0.15) is 9.47 Å². The molecular formula is C5H8Br3OP. The van der Waals surface area contributed by atoms with Crippen molar-refractivity contribution in [1.82, 2.24) is 0 Å². The average Bonchev–Trinajstić information content (AvgIpc) is 2.01. The molecule has 0 aliphatic rings. The largest absolute Gasteiger partial charge is 0.344 e. The minimum Gasteiger partial charge on any atom is -0.344 e. The Morgan fingerprint density at radius 2 is 1.50 bits per heavy atom. The van der Waals surface area contributed by atoms with E-state index in [0.717, 1.165) is 16.0 Å². The van der Waals surface area contributed by atoms with Crippen molar-refractivity contribution in [1.29, 1.82) is 0 Å². The van der Waals surface area contributed by atoms with E-state index in [2.05, 4.69) is 57.3 Å². The van der Waals surface area contributed by atoms with Crippen LogP contribution < -0.4 is 0 Å². The van der Waals surface area contributed by atoms with Crippen LogP contribution in [0.5, 0.6) is 0 Å². The summed E-state index contributed by atoms with van der Waals surface area (Å²) in [5.41, 5.74) is 0.127. The van der Waals surface area contributed by atoms with Gasteiger partial charge >= 0.3 is 0 Å². The molecule has 0 aromatic heterocycles. The molecule has 0 N–H and O–H groups in total. The standard InChI is InChI=1S/C5H8Br3OP/c6-1-5(2-7,3-8)4-9-10/h1-4H2. The van der Waals surface area contributed by atoms with Crippen molar-refractivity contribution >= 4 is 57.3 Å². The van der Waals surface area contributed by atoms with Gasteiger partial charge in [0.05, 0.1) is 6.61 Å². The molecule has 0 aromatic carbocycles. The molecule has 0 amide bonds. The van der Waals surface area contributed by atoms with Crippen molar-refractivity contribution in [2.75, 3.05) is 22.6 Å². The second-order valence-corrected chi connectivity index (χ2v) is 4.11. The van der Waals surface area contributed by atoms with E-state index in [1.54, 1.807) is 0 Å². The third kappa shape index (κ3) is 3.48. The second-order valence-electron chi connectivity index (χ2n) is 2.17. The van der Waals surface area contributed by atoms with Crippen LogP contribution in [0.3, 0.4) is 0 Å². The summed E-state index contributed by atoms with van der Waals surface area (Å²) < 4.78 is 4.78. The van der Waals surface area contributed by atoms with Gasteiger partial charge in [-0.3, -0.25) is 0 Å². The van der Waals surface area contributed by atoms with Gasteiger partial charge < -0.3 is 4.52 Å². The summed E-state index contributed by atoms with van der Waals surface area (Å²) in [4.78, 5) is 0. The monoisotopic (exact) mass is 352 g/mol. The zero-order valence-electron chi connectivity index (χ0n) is 5.32. The quantitative estimate of drug-likeness (QED) is 0.542. The van der Waals surface area contributed by atoms with Crippen LogP contribution in [0, 0.1) is 5.41 Å². The number of hydrogen-bond acceptors (Lipinski definition) is 1. The van der Waals surface area contributed by atoms with Crippen LogP contribution in [0.2, 0.25) is 0 Å². The molecule has 0 saturated heterocycles. The van der Waals surface area contributed by atoms with Crippen molar-refractivity contribution in [2.45, 2.75) is 0 Å². The smallest absolute Gasteiger partial charge is 0.148 e. The highest BCUT2D eigenvalue weighted by molar-refractivity contribution is 9.10. The Morgan fingerprint density at radius 3 is 1.60 bits per heavy atom. The van der Waals surface area contributed by atoms with Gasteiger partial charge in [-0.05, 0) is 0 Å². The van der Waals surface area contributed by atoms with Crippen LogP contribution in [0.15, 0.2) is 0 Å². The number of rotatable bonds is 5. The summed E-state index contributed by atoms with van der Waals surface area (Å²) in [5, 5.41) is 2.70. The van der Waals surface area contributed by atoms with Gasteiger partial charge in [-0.25, -0.2) is 0 Å². The summed E-state index contributed by atoms with van der Waals surface area (Å²) in [7, 11) is 3.71. The number of halogens is 3. The van der Waals surface area contributed by atoms with Gasteiger partial charge in [-0.2, -0.15) is 0 Å². The van der Waals surface area contributed by atoms with Gasteiger partial charge in [-0.1, -0.05) is 47.8 Å². The predicted octanol–water partition coefficient (Wildman–Crippen LogP) is 3.50. The Kier molecular flexibility index (Phi) is 7.52. The maximum atomic E-state index is 4.78. The zero-order valence-corrected chi connectivity index (χ0v) is 11.0. The van der Waals surface area contributed by atoms with Crippen LogP contribution in [0.25, 0.3) is 0 Å². The molecule has 0 bridgehead atoms. The molecule has 0 fully saturated rings. The Hall–Kier alpha value is 1.83. The molecule has 0 aliphatic carbocycles. The Balaban J connectivity index is 3.87. The molecule has 0 aliphatic heterocycles. The van der Waals surface area contributed by atoms with E-state index >= 15 is 0 Å². The number of hydrogen-bond donors (Lipinski definition) is 0. The lowest BCUT2D eigenvalue weighted by Gasteiger charge is -2.25. The lowest BCUT2D eigenvalue weighted by atomic mass is 9.98. The minimum absolute atomic E-state index is 0.127. The fourth-order valence-electron chi connectivity index (χ4n) is 0.360. The van der Waals surface area contributed by atoms with E-state index in [9.17, 15) is 0 Å². The lowest BCUT2D eigenvalue weighted by Crippen LogP contribution is -2.31. The fraction of sp³-hybridized carbons (Fsp3) is 1.00. The summed E-state index contributed by atoms with van der Waals surface area (Å²) in [6, 6.07) is 0. The van der Waals surface area contributed by atoms with E-state index in [1.807, 2.05) is 0 Å². The maximum absolute atomic E-state index is 4.78. The van der Waals surface area contributed by atoms with Crippen LogP contribution in [-0.2, 0) is 4.52 Å². The summed E-state index contributed by atoms with van der Waals surface area (Å²) in [5.74, 6) is 0. The first-order valence-corrected chi connectivity index (χ1v) is 6.42. The molecule has 0 unspecified atom stereocenters. The van der Waals surface area contributed by atoms with E-state index in [4.69, 9.17) is 4.52 Å². The van der Waals surface area contributed by atoms with Gasteiger partial charge in [0.2, 0.25) is 0 Å². The Bertz CT molecular complexity index is 78.7. The zero-order chi connectivity index (χ0) is 8.04. The molecule has 0 atom stereocenters. The molecule has 0 saturated carbocycles. The highest BCUT2D eigenvalue weighted by Crippen LogP contribution is 2.26. The molecule has 0 aromatic rings. The van der Waals surface area contributed by atoms with Crippen LogP contribution >= 0.6 is 57.3 Å². The van der Waals surface area contributed by atoms with Gasteiger partial charge in [-0.15, -0.1) is 0 Å². The van der Waals surface area contributed by atoms with Crippen LogP contribution in [-0.4, -0.2) is 22.6 Å². The molecule has 5 heteroatoms. The topological polar surface area (TPSA) is 9.23 Å². The lowest BCUT2D eigenvalue weighted by molar-refractivity contribution is 0.243. The predicted molar refractivity (Wildman–Crippen MR) is 56.7 cm³/mol. The highest BCUT2D eigenvalue weighted by Gasteiger charge is 2.26. The Morgan fingerprint density at radius 1 is 1.10 bits per heavy atom. The normalized spacial score (nSPS) is 12.0. The second kappa shape index (κ2) is 6.36. The van der Waals surface area contributed by atoms with E-state index in [1.165, 1.54) is 0 Å². The maximum Gasteiger partial charge on any atom is 0.148 e. The van der Waals surface area contributed by atoms with Gasteiger partial charge in [0, 0.05) is 21.4 Å². The molecule has 0 rings (SSSR count). The first-order valence-electron chi connectivity index (χ1n) is 2.69. The van der Waals surface area contributed by atoms with Crippen molar-refractivity contribution in [3.05, 3.63) is 0 Å². The third-order valence-corrected chi connectivity index (χ3v) is 4.92. The van der Waals surface area contributed by atoms with Gasteiger partial charge in [0.25, 0.3) is 0 Å². The fourth-order valence-corrected chi connectivity index (χ4v) is 3.90. The summed E-state index contributed by atoms with van der Waals surface area (Å²) in [6.45, 7) is 0.637. The summed E-state index contributed by atoms with van der Waals surface area (Å²) >= 11 is 10.3. The molecule has 0 spiro atoms. The average molecular weight is 355 g/mol. The van der Waals surface area contributed by atoms with Crippen molar-refractivity contribution < 1.29 is 4.52 Å². The van der Waals surface area contributed by atoms with E-state index < -0.39 is 0 Å².